The molecule has 3 aromatic rings. The summed E-state index contributed by atoms with van der Waals surface area (Å²) >= 11 is 1.45. The summed E-state index contributed by atoms with van der Waals surface area (Å²) in [6, 6.07) is 11.5. The van der Waals surface area contributed by atoms with Crippen LogP contribution in [0.3, 0.4) is 0 Å². The fourth-order valence-corrected chi connectivity index (χ4v) is 4.73. The first-order valence-electron chi connectivity index (χ1n) is 12.0. The SMILES string of the molecule is CCC(=O)Nc1ccc(Sc2nc(Nc3cc(C)[nH]n3)cc(N3CCC(O)(C(C)C)CC3)n2)cc1. The molecule has 2 aromatic heterocycles. The predicted molar refractivity (Wildman–Crippen MR) is 139 cm³/mol. The zero-order valence-electron chi connectivity index (χ0n) is 20.6. The van der Waals surface area contributed by atoms with Crippen LogP contribution in [-0.2, 0) is 4.79 Å². The van der Waals surface area contributed by atoms with Gasteiger partial charge in [-0.05, 0) is 61.7 Å². The van der Waals surface area contributed by atoms with Crippen molar-refractivity contribution >= 4 is 40.8 Å². The number of nitrogens with zero attached hydrogens (tertiary/aromatic N) is 4. The molecule has 0 radical (unpaired) electrons. The second-order valence-corrected chi connectivity index (χ2v) is 10.3. The summed E-state index contributed by atoms with van der Waals surface area (Å²) in [7, 11) is 0. The van der Waals surface area contributed by atoms with Crippen molar-refractivity contribution in [1.82, 2.24) is 20.2 Å². The van der Waals surface area contributed by atoms with E-state index in [9.17, 15) is 9.90 Å². The Morgan fingerprint density at radius 1 is 1.17 bits per heavy atom. The fraction of sp³-hybridized carbons (Fsp3) is 0.440. The molecular weight excluding hydrogens is 462 g/mol. The number of hydrogen-bond acceptors (Lipinski definition) is 8. The Morgan fingerprint density at radius 3 is 2.49 bits per heavy atom. The second-order valence-electron chi connectivity index (χ2n) is 9.23. The van der Waals surface area contributed by atoms with Crippen LogP contribution in [0.1, 0.15) is 45.7 Å². The molecule has 0 spiro atoms. The van der Waals surface area contributed by atoms with E-state index in [0.717, 1.165) is 35.2 Å². The first-order valence-corrected chi connectivity index (χ1v) is 12.8. The Kier molecular flexibility index (Phi) is 7.61. The van der Waals surface area contributed by atoms with Crippen LogP contribution in [0.2, 0.25) is 0 Å². The minimum absolute atomic E-state index is 0.0170. The lowest BCUT2D eigenvalue weighted by Crippen LogP contribution is -2.47. The van der Waals surface area contributed by atoms with Gasteiger partial charge < -0.3 is 20.6 Å². The van der Waals surface area contributed by atoms with Crippen LogP contribution in [0.15, 0.2) is 46.5 Å². The summed E-state index contributed by atoms with van der Waals surface area (Å²) in [6.07, 6.45) is 1.83. The van der Waals surface area contributed by atoms with Gasteiger partial charge in [0.05, 0.1) is 5.60 Å². The van der Waals surface area contributed by atoms with Gasteiger partial charge >= 0.3 is 0 Å². The highest BCUT2D eigenvalue weighted by Gasteiger charge is 2.35. The number of piperidine rings is 1. The van der Waals surface area contributed by atoms with Gasteiger partial charge in [-0.2, -0.15) is 5.10 Å². The molecule has 10 heteroatoms. The third-order valence-electron chi connectivity index (χ3n) is 6.35. The van der Waals surface area contributed by atoms with Crippen molar-refractivity contribution in [2.24, 2.45) is 5.92 Å². The molecule has 0 atom stereocenters. The molecule has 0 aliphatic carbocycles. The molecule has 0 saturated carbocycles. The van der Waals surface area contributed by atoms with Crippen molar-refractivity contribution in [3.05, 3.63) is 42.1 Å². The maximum Gasteiger partial charge on any atom is 0.224 e. The molecule has 4 rings (SSSR count). The summed E-state index contributed by atoms with van der Waals surface area (Å²) < 4.78 is 0. The molecule has 186 valence electrons. The van der Waals surface area contributed by atoms with Gasteiger partial charge in [-0.3, -0.25) is 9.89 Å². The van der Waals surface area contributed by atoms with E-state index in [-0.39, 0.29) is 11.8 Å². The van der Waals surface area contributed by atoms with Crippen molar-refractivity contribution in [2.75, 3.05) is 28.6 Å². The van der Waals surface area contributed by atoms with Crippen LogP contribution in [0, 0.1) is 12.8 Å². The molecule has 9 nitrogen and oxygen atoms in total. The molecule has 35 heavy (non-hydrogen) atoms. The zero-order valence-corrected chi connectivity index (χ0v) is 21.4. The number of amides is 1. The number of aromatic amines is 1. The highest BCUT2D eigenvalue weighted by molar-refractivity contribution is 7.99. The topological polar surface area (TPSA) is 119 Å². The molecule has 1 amide bonds. The molecular formula is C25H33N7O2S. The van der Waals surface area contributed by atoms with Crippen molar-refractivity contribution < 1.29 is 9.90 Å². The van der Waals surface area contributed by atoms with Gasteiger partial charge in [0.2, 0.25) is 5.91 Å². The van der Waals surface area contributed by atoms with Crippen LogP contribution in [0.5, 0.6) is 0 Å². The van der Waals surface area contributed by atoms with Gasteiger partial charge in [-0.15, -0.1) is 0 Å². The minimum Gasteiger partial charge on any atom is -0.389 e. The van der Waals surface area contributed by atoms with Crippen molar-refractivity contribution in [3.8, 4) is 0 Å². The number of anilines is 4. The maximum atomic E-state index is 11.6. The lowest BCUT2D eigenvalue weighted by Gasteiger charge is -2.41. The van der Waals surface area contributed by atoms with Gasteiger partial charge in [0.15, 0.2) is 11.0 Å². The van der Waals surface area contributed by atoms with Crippen LogP contribution >= 0.6 is 11.8 Å². The number of aromatic nitrogens is 4. The quantitative estimate of drug-likeness (QED) is 0.331. The number of hydrogen-bond donors (Lipinski definition) is 4. The fourth-order valence-electron chi connectivity index (χ4n) is 3.96. The van der Waals surface area contributed by atoms with Crippen LogP contribution in [0.4, 0.5) is 23.1 Å². The number of carbonyl (C=O) groups excluding carboxylic acids is 1. The number of rotatable bonds is 8. The molecule has 1 aliphatic heterocycles. The summed E-state index contributed by atoms with van der Waals surface area (Å²) in [5, 5.41) is 24.8. The van der Waals surface area contributed by atoms with Gasteiger partial charge in [0.25, 0.3) is 0 Å². The van der Waals surface area contributed by atoms with E-state index in [2.05, 4.69) is 39.6 Å². The molecule has 3 heterocycles. The molecule has 1 saturated heterocycles. The molecule has 0 unspecified atom stereocenters. The van der Waals surface area contributed by atoms with E-state index in [1.165, 1.54) is 11.8 Å². The van der Waals surface area contributed by atoms with Crippen LogP contribution in [0.25, 0.3) is 0 Å². The van der Waals surface area contributed by atoms with Crippen molar-refractivity contribution in [2.45, 2.75) is 62.6 Å². The Morgan fingerprint density at radius 2 is 1.89 bits per heavy atom. The highest BCUT2D eigenvalue weighted by Crippen LogP contribution is 2.34. The van der Waals surface area contributed by atoms with E-state index in [1.807, 2.05) is 50.2 Å². The monoisotopic (exact) mass is 495 g/mol. The Balaban J connectivity index is 1.56. The molecule has 4 N–H and O–H groups in total. The van der Waals surface area contributed by atoms with Gasteiger partial charge in [-0.1, -0.05) is 20.8 Å². The Hall–Kier alpha value is -3.11. The molecule has 0 bridgehead atoms. The standard InChI is InChI=1S/C25H33N7O2S/c1-5-23(33)26-18-6-8-19(9-7-18)35-24-28-20(27-21-14-17(4)30-31-21)15-22(29-24)32-12-10-25(34,11-13-32)16(2)3/h6-9,14-16,34H,5,10-13H2,1-4H3,(H,26,33)(H2,27,28,29,30,31). The third-order valence-corrected chi connectivity index (χ3v) is 7.22. The molecule has 1 aromatic carbocycles. The highest BCUT2D eigenvalue weighted by atomic mass is 32.2. The average molecular weight is 496 g/mol. The van der Waals surface area contributed by atoms with Crippen molar-refractivity contribution in [1.29, 1.82) is 0 Å². The number of H-pyrrole nitrogens is 1. The summed E-state index contributed by atoms with van der Waals surface area (Å²) in [4.78, 5) is 24.3. The van der Waals surface area contributed by atoms with E-state index >= 15 is 0 Å². The van der Waals surface area contributed by atoms with Gasteiger partial charge in [0, 0.05) is 47.9 Å². The van der Waals surface area contributed by atoms with E-state index in [0.29, 0.717) is 36.1 Å². The smallest absolute Gasteiger partial charge is 0.224 e. The predicted octanol–water partition coefficient (Wildman–Crippen LogP) is 4.74. The normalized spacial score (nSPS) is 15.3. The minimum atomic E-state index is -0.635. The number of aryl methyl sites for hydroxylation is 1. The summed E-state index contributed by atoms with van der Waals surface area (Å²) in [6.45, 7) is 9.36. The van der Waals surface area contributed by atoms with Crippen LogP contribution in [-0.4, -0.2) is 49.9 Å². The first-order chi connectivity index (χ1) is 16.7. The number of aliphatic hydroxyl groups is 1. The summed E-state index contributed by atoms with van der Waals surface area (Å²) in [5.41, 5.74) is 1.08. The van der Waals surface area contributed by atoms with Crippen LogP contribution < -0.4 is 15.5 Å². The zero-order chi connectivity index (χ0) is 25.0. The van der Waals surface area contributed by atoms with E-state index in [1.54, 1.807) is 0 Å². The van der Waals surface area contributed by atoms with E-state index in [4.69, 9.17) is 9.97 Å². The van der Waals surface area contributed by atoms with Gasteiger partial charge in [0.1, 0.15) is 11.6 Å². The Bertz CT molecular complexity index is 1150. The Labute approximate surface area is 210 Å². The molecule has 1 fully saturated rings. The maximum absolute atomic E-state index is 11.6. The molecule has 1 aliphatic rings. The number of benzene rings is 1. The number of nitrogens with one attached hydrogen (secondary N) is 3. The average Bonchev–Trinajstić information content (AvgIpc) is 3.24. The lowest BCUT2D eigenvalue weighted by atomic mass is 9.81. The van der Waals surface area contributed by atoms with Crippen molar-refractivity contribution in [3.63, 3.8) is 0 Å². The largest absolute Gasteiger partial charge is 0.389 e. The lowest BCUT2D eigenvalue weighted by molar-refractivity contribution is -0.115. The first kappa shape index (κ1) is 25.0. The van der Waals surface area contributed by atoms with E-state index < -0.39 is 5.60 Å². The summed E-state index contributed by atoms with van der Waals surface area (Å²) in [5.74, 6) is 2.35. The third kappa shape index (κ3) is 6.32. The number of carbonyl (C=O) groups is 1. The second kappa shape index (κ2) is 10.7. The van der Waals surface area contributed by atoms with Gasteiger partial charge in [-0.25, -0.2) is 9.97 Å².